The number of amides is 1. The maximum Gasteiger partial charge on any atom is 0.268 e. The first-order valence-corrected chi connectivity index (χ1v) is 10.5. The third kappa shape index (κ3) is 4.60. The predicted octanol–water partition coefficient (Wildman–Crippen LogP) is 1.74. The molecule has 1 unspecified atom stereocenters. The largest absolute Gasteiger partial charge is 0.370 e. The highest BCUT2D eigenvalue weighted by Crippen LogP contribution is 2.25. The molecule has 3 heterocycles. The van der Waals surface area contributed by atoms with Crippen molar-refractivity contribution in [3.05, 3.63) is 52.9 Å². The molecule has 0 saturated carbocycles. The lowest BCUT2D eigenvalue weighted by molar-refractivity contribution is -0.132. The van der Waals surface area contributed by atoms with E-state index in [9.17, 15) is 9.59 Å². The van der Waals surface area contributed by atoms with E-state index < -0.39 is 0 Å². The SMILES string of the molecule is Cn1ncc(N2CCCC(CC(=O)N3CCN(c4ccccc4)CC3)C2)cc1=O. The third-order valence-electron chi connectivity index (χ3n) is 6.05. The van der Waals surface area contributed by atoms with Gasteiger partial charge in [0.05, 0.1) is 11.9 Å². The van der Waals surface area contributed by atoms with Crippen LogP contribution in [0.4, 0.5) is 11.4 Å². The first-order valence-electron chi connectivity index (χ1n) is 10.5. The van der Waals surface area contributed by atoms with E-state index in [1.165, 1.54) is 10.4 Å². The van der Waals surface area contributed by atoms with Gasteiger partial charge in [0.2, 0.25) is 5.91 Å². The molecule has 7 heteroatoms. The maximum absolute atomic E-state index is 12.9. The van der Waals surface area contributed by atoms with Crippen LogP contribution in [0.1, 0.15) is 19.3 Å². The zero-order valence-electron chi connectivity index (χ0n) is 17.0. The molecule has 0 bridgehead atoms. The van der Waals surface area contributed by atoms with Crippen molar-refractivity contribution < 1.29 is 4.79 Å². The summed E-state index contributed by atoms with van der Waals surface area (Å²) < 4.78 is 1.34. The molecule has 2 saturated heterocycles. The summed E-state index contributed by atoms with van der Waals surface area (Å²) in [6.07, 6.45) is 4.42. The van der Waals surface area contributed by atoms with Crippen LogP contribution in [0.5, 0.6) is 0 Å². The average molecular weight is 396 g/mol. The van der Waals surface area contributed by atoms with Crippen LogP contribution in [0.15, 0.2) is 47.4 Å². The van der Waals surface area contributed by atoms with Gasteiger partial charge in [-0.2, -0.15) is 5.10 Å². The number of aromatic nitrogens is 2. The van der Waals surface area contributed by atoms with Gasteiger partial charge in [-0.05, 0) is 30.9 Å². The summed E-state index contributed by atoms with van der Waals surface area (Å²) in [6, 6.07) is 12.0. The molecular weight excluding hydrogens is 366 g/mol. The number of hydrogen-bond donors (Lipinski definition) is 0. The second-order valence-electron chi connectivity index (χ2n) is 8.04. The van der Waals surface area contributed by atoms with Crippen molar-refractivity contribution in [1.82, 2.24) is 14.7 Å². The molecular formula is C22H29N5O2. The van der Waals surface area contributed by atoms with Crippen LogP contribution in [0, 0.1) is 5.92 Å². The number of anilines is 2. The molecule has 1 aromatic heterocycles. The van der Waals surface area contributed by atoms with Gasteiger partial charge in [-0.15, -0.1) is 0 Å². The normalized spacial score (nSPS) is 20.0. The van der Waals surface area contributed by atoms with Gasteiger partial charge in [0.1, 0.15) is 0 Å². The summed E-state index contributed by atoms with van der Waals surface area (Å²) in [5.74, 6) is 0.583. The monoisotopic (exact) mass is 395 g/mol. The molecule has 7 nitrogen and oxygen atoms in total. The Bertz CT molecular complexity index is 890. The summed E-state index contributed by atoms with van der Waals surface area (Å²) in [5.41, 5.74) is 1.99. The van der Waals surface area contributed by atoms with E-state index in [4.69, 9.17) is 0 Å². The van der Waals surface area contributed by atoms with E-state index in [0.717, 1.165) is 57.8 Å². The molecule has 1 atom stereocenters. The first-order chi connectivity index (χ1) is 14.1. The Morgan fingerprint density at radius 2 is 1.79 bits per heavy atom. The number of piperazine rings is 1. The van der Waals surface area contributed by atoms with E-state index in [-0.39, 0.29) is 11.5 Å². The Morgan fingerprint density at radius 1 is 1.03 bits per heavy atom. The Morgan fingerprint density at radius 3 is 2.52 bits per heavy atom. The fourth-order valence-electron chi connectivity index (χ4n) is 4.33. The zero-order chi connectivity index (χ0) is 20.2. The quantitative estimate of drug-likeness (QED) is 0.789. The van der Waals surface area contributed by atoms with Crippen LogP contribution in [0.25, 0.3) is 0 Å². The van der Waals surface area contributed by atoms with Gasteiger partial charge in [-0.1, -0.05) is 18.2 Å². The number of carbonyl (C=O) groups excluding carboxylic acids is 1. The van der Waals surface area contributed by atoms with Gasteiger partial charge in [0.25, 0.3) is 5.56 Å². The van der Waals surface area contributed by atoms with E-state index >= 15 is 0 Å². The predicted molar refractivity (Wildman–Crippen MR) is 114 cm³/mol. The topological polar surface area (TPSA) is 61.7 Å². The number of nitrogens with zero attached hydrogens (tertiary/aromatic N) is 5. The fourth-order valence-corrected chi connectivity index (χ4v) is 4.33. The van der Waals surface area contributed by atoms with Crippen molar-refractivity contribution in [3.8, 4) is 0 Å². The summed E-state index contributed by atoms with van der Waals surface area (Å²) in [7, 11) is 1.65. The summed E-state index contributed by atoms with van der Waals surface area (Å²) >= 11 is 0. The van der Waals surface area contributed by atoms with Crippen LogP contribution in [0.3, 0.4) is 0 Å². The Balaban J connectivity index is 1.30. The fraction of sp³-hybridized carbons (Fsp3) is 0.500. The summed E-state index contributed by atoms with van der Waals surface area (Å²) in [5, 5.41) is 4.13. The average Bonchev–Trinajstić information content (AvgIpc) is 2.76. The van der Waals surface area contributed by atoms with Crippen molar-refractivity contribution in [2.24, 2.45) is 13.0 Å². The van der Waals surface area contributed by atoms with Crippen molar-refractivity contribution >= 4 is 17.3 Å². The smallest absolute Gasteiger partial charge is 0.268 e. The molecule has 29 heavy (non-hydrogen) atoms. The molecule has 0 radical (unpaired) electrons. The van der Waals surface area contributed by atoms with E-state index in [2.05, 4.69) is 39.2 Å². The van der Waals surface area contributed by atoms with Gasteiger partial charge in [-0.25, -0.2) is 4.68 Å². The van der Waals surface area contributed by atoms with Crippen LogP contribution in [0.2, 0.25) is 0 Å². The second-order valence-corrected chi connectivity index (χ2v) is 8.04. The van der Waals surface area contributed by atoms with Gasteiger partial charge in [-0.3, -0.25) is 9.59 Å². The number of rotatable bonds is 4. The summed E-state index contributed by atoms with van der Waals surface area (Å²) in [6.45, 7) is 5.04. The number of hydrogen-bond acceptors (Lipinski definition) is 5. The number of piperidine rings is 1. The molecule has 0 aliphatic carbocycles. The van der Waals surface area contributed by atoms with Crippen LogP contribution >= 0.6 is 0 Å². The molecule has 0 spiro atoms. The van der Waals surface area contributed by atoms with Gasteiger partial charge >= 0.3 is 0 Å². The molecule has 2 aromatic rings. The number of para-hydroxylation sites is 1. The highest BCUT2D eigenvalue weighted by Gasteiger charge is 2.27. The minimum Gasteiger partial charge on any atom is -0.370 e. The zero-order valence-corrected chi connectivity index (χ0v) is 17.0. The van der Waals surface area contributed by atoms with Gasteiger partial charge in [0, 0.05) is 64.5 Å². The molecule has 2 fully saturated rings. The molecule has 2 aliphatic heterocycles. The lowest BCUT2D eigenvalue weighted by Gasteiger charge is -2.38. The second kappa shape index (κ2) is 8.68. The molecule has 1 aromatic carbocycles. The Kier molecular flexibility index (Phi) is 5.83. The van der Waals surface area contributed by atoms with Crippen LogP contribution < -0.4 is 15.4 Å². The third-order valence-corrected chi connectivity index (χ3v) is 6.05. The number of carbonyl (C=O) groups is 1. The Labute approximate surface area is 171 Å². The van der Waals surface area contributed by atoms with Crippen molar-refractivity contribution in [2.75, 3.05) is 49.1 Å². The highest BCUT2D eigenvalue weighted by molar-refractivity contribution is 5.77. The lowest BCUT2D eigenvalue weighted by Crippen LogP contribution is -2.49. The van der Waals surface area contributed by atoms with Crippen LogP contribution in [-0.4, -0.2) is 59.9 Å². The Hall–Kier alpha value is -2.83. The van der Waals surface area contributed by atoms with Crippen molar-refractivity contribution in [3.63, 3.8) is 0 Å². The minimum atomic E-state index is -0.100. The molecule has 1 amide bonds. The lowest BCUT2D eigenvalue weighted by atomic mass is 9.93. The number of benzene rings is 1. The molecule has 0 N–H and O–H groups in total. The summed E-state index contributed by atoms with van der Waals surface area (Å²) in [4.78, 5) is 31.3. The molecule has 154 valence electrons. The maximum atomic E-state index is 12.9. The number of aryl methyl sites for hydroxylation is 1. The molecule has 2 aliphatic rings. The van der Waals surface area contributed by atoms with E-state index in [1.807, 2.05) is 11.0 Å². The molecule has 4 rings (SSSR count). The van der Waals surface area contributed by atoms with Crippen molar-refractivity contribution in [1.29, 1.82) is 0 Å². The van der Waals surface area contributed by atoms with E-state index in [1.54, 1.807) is 19.3 Å². The first kappa shape index (κ1) is 19.5. The van der Waals surface area contributed by atoms with Crippen LogP contribution in [-0.2, 0) is 11.8 Å². The van der Waals surface area contributed by atoms with Gasteiger partial charge < -0.3 is 14.7 Å². The minimum absolute atomic E-state index is 0.100. The van der Waals surface area contributed by atoms with E-state index in [0.29, 0.717) is 12.3 Å². The van der Waals surface area contributed by atoms with Crippen molar-refractivity contribution in [2.45, 2.75) is 19.3 Å². The van der Waals surface area contributed by atoms with Gasteiger partial charge in [0.15, 0.2) is 0 Å². The standard InChI is InChI=1S/C22H29N5O2/c1-24-21(28)15-20(16-23-24)27-9-5-6-18(17-27)14-22(29)26-12-10-25(11-13-26)19-7-3-2-4-8-19/h2-4,7-8,15-16,18H,5-6,9-14,17H2,1H3. The highest BCUT2D eigenvalue weighted by atomic mass is 16.2.